The van der Waals surface area contributed by atoms with Gasteiger partial charge in [-0.15, -0.1) is 0 Å². The predicted molar refractivity (Wildman–Crippen MR) is 141 cm³/mol. The number of sulfonamides is 1. The number of nitrogens with zero attached hydrogens (tertiary/aromatic N) is 2. The molecule has 0 spiro atoms. The molecule has 0 unspecified atom stereocenters. The van der Waals surface area contributed by atoms with Gasteiger partial charge in [-0.1, -0.05) is 70.5 Å². The number of hydrogen-bond acceptors (Lipinski definition) is 4. The number of rotatable bonds is 10. The standard InChI is InChI=1S/C26H27BrFN3O4S/c1-29-26(33)24(16-19-8-4-3-5-9-19)30(17-20-12-14-21(27)15-13-20)25(32)18-31(36(2,34)35)23-11-7-6-10-22(23)28/h3-15,24H,16-18H2,1-2H3,(H,29,33)/t24-/m0/s1. The van der Waals surface area contributed by atoms with Crippen molar-refractivity contribution in [2.24, 2.45) is 0 Å². The first-order valence-corrected chi connectivity index (χ1v) is 13.8. The van der Waals surface area contributed by atoms with Crippen LogP contribution in [0.15, 0.2) is 83.3 Å². The Kier molecular flexibility index (Phi) is 9.22. The first-order valence-electron chi connectivity index (χ1n) is 11.1. The quantitative estimate of drug-likeness (QED) is 0.399. The number of benzene rings is 3. The Balaban J connectivity index is 2.03. The summed E-state index contributed by atoms with van der Waals surface area (Å²) >= 11 is 3.38. The lowest BCUT2D eigenvalue weighted by Crippen LogP contribution is -2.53. The highest BCUT2D eigenvalue weighted by molar-refractivity contribution is 9.10. The molecule has 1 N–H and O–H groups in total. The molecule has 0 aliphatic carbocycles. The zero-order valence-corrected chi connectivity index (χ0v) is 22.3. The van der Waals surface area contributed by atoms with Crippen LogP contribution in [-0.2, 0) is 32.6 Å². The highest BCUT2D eigenvalue weighted by atomic mass is 79.9. The lowest BCUT2D eigenvalue weighted by atomic mass is 10.0. The van der Waals surface area contributed by atoms with Gasteiger partial charge >= 0.3 is 0 Å². The fourth-order valence-electron chi connectivity index (χ4n) is 3.76. The molecule has 3 aromatic rings. The molecule has 1 atom stereocenters. The minimum atomic E-state index is -4.02. The van der Waals surface area contributed by atoms with Crippen molar-refractivity contribution in [3.05, 3.63) is 100 Å². The number of para-hydroxylation sites is 1. The van der Waals surface area contributed by atoms with Crippen LogP contribution in [0.25, 0.3) is 0 Å². The Morgan fingerprint density at radius 2 is 1.56 bits per heavy atom. The minimum Gasteiger partial charge on any atom is -0.357 e. The Hall–Kier alpha value is -3.24. The van der Waals surface area contributed by atoms with Gasteiger partial charge in [0.2, 0.25) is 21.8 Å². The summed E-state index contributed by atoms with van der Waals surface area (Å²) in [5.41, 5.74) is 1.33. The third-order valence-electron chi connectivity index (χ3n) is 5.58. The van der Waals surface area contributed by atoms with E-state index in [2.05, 4.69) is 21.2 Å². The second-order valence-electron chi connectivity index (χ2n) is 8.19. The lowest BCUT2D eigenvalue weighted by molar-refractivity contribution is -0.139. The largest absolute Gasteiger partial charge is 0.357 e. The molecular formula is C26H27BrFN3O4S. The summed E-state index contributed by atoms with van der Waals surface area (Å²) in [6, 6.07) is 20.9. The van der Waals surface area contributed by atoms with Crippen molar-refractivity contribution < 1.29 is 22.4 Å². The maximum absolute atomic E-state index is 14.5. The van der Waals surface area contributed by atoms with Gasteiger partial charge < -0.3 is 10.2 Å². The van der Waals surface area contributed by atoms with Crippen LogP contribution >= 0.6 is 15.9 Å². The third kappa shape index (κ3) is 7.14. The zero-order valence-electron chi connectivity index (χ0n) is 19.9. The van der Waals surface area contributed by atoms with E-state index < -0.39 is 40.2 Å². The third-order valence-corrected chi connectivity index (χ3v) is 7.24. The molecular weight excluding hydrogens is 549 g/mol. The molecule has 0 aliphatic heterocycles. The molecule has 0 heterocycles. The van der Waals surface area contributed by atoms with Crippen LogP contribution in [0.5, 0.6) is 0 Å². The van der Waals surface area contributed by atoms with Gasteiger partial charge in [0.15, 0.2) is 0 Å². The van der Waals surface area contributed by atoms with Crippen LogP contribution in [-0.4, -0.2) is 51.0 Å². The maximum Gasteiger partial charge on any atom is 0.244 e. The van der Waals surface area contributed by atoms with Gasteiger partial charge in [-0.25, -0.2) is 12.8 Å². The van der Waals surface area contributed by atoms with Gasteiger partial charge in [-0.3, -0.25) is 13.9 Å². The Morgan fingerprint density at radius 3 is 2.14 bits per heavy atom. The number of carbonyl (C=O) groups is 2. The van der Waals surface area contributed by atoms with Crippen molar-refractivity contribution in [1.29, 1.82) is 0 Å². The molecule has 7 nitrogen and oxygen atoms in total. The number of likely N-dealkylation sites (N-methyl/N-ethyl adjacent to an activating group) is 1. The van der Waals surface area contributed by atoms with E-state index in [1.807, 2.05) is 42.5 Å². The van der Waals surface area contributed by atoms with Gasteiger partial charge in [-0.2, -0.15) is 0 Å². The summed E-state index contributed by atoms with van der Waals surface area (Å²) in [6.45, 7) is -0.621. The smallest absolute Gasteiger partial charge is 0.244 e. The van der Waals surface area contributed by atoms with Crippen molar-refractivity contribution in [2.45, 2.75) is 19.0 Å². The minimum absolute atomic E-state index is 0.0475. The lowest BCUT2D eigenvalue weighted by Gasteiger charge is -2.33. The van der Waals surface area contributed by atoms with E-state index in [1.54, 1.807) is 12.1 Å². The molecule has 0 aromatic heterocycles. The van der Waals surface area contributed by atoms with E-state index in [9.17, 15) is 22.4 Å². The maximum atomic E-state index is 14.5. The fourth-order valence-corrected chi connectivity index (χ4v) is 4.87. The number of amides is 2. The van der Waals surface area contributed by atoms with E-state index in [4.69, 9.17) is 0 Å². The topological polar surface area (TPSA) is 86.8 Å². The molecule has 0 radical (unpaired) electrons. The second-order valence-corrected chi connectivity index (χ2v) is 11.0. The highest BCUT2D eigenvalue weighted by Crippen LogP contribution is 2.23. The van der Waals surface area contributed by atoms with Crippen LogP contribution in [0.1, 0.15) is 11.1 Å². The van der Waals surface area contributed by atoms with E-state index in [0.717, 1.165) is 32.2 Å². The number of halogens is 2. The van der Waals surface area contributed by atoms with E-state index in [1.165, 1.54) is 30.1 Å². The van der Waals surface area contributed by atoms with E-state index in [-0.39, 0.29) is 18.7 Å². The number of carbonyl (C=O) groups excluding carboxylic acids is 2. The van der Waals surface area contributed by atoms with Gasteiger partial charge in [0.1, 0.15) is 18.4 Å². The summed E-state index contributed by atoms with van der Waals surface area (Å²) in [6.07, 6.45) is 1.12. The van der Waals surface area contributed by atoms with E-state index in [0.29, 0.717) is 0 Å². The zero-order chi connectivity index (χ0) is 26.3. The predicted octanol–water partition coefficient (Wildman–Crippen LogP) is 3.74. The Labute approximate surface area is 219 Å². The molecule has 3 rings (SSSR count). The first kappa shape index (κ1) is 27.3. The summed E-state index contributed by atoms with van der Waals surface area (Å²) in [7, 11) is -2.54. The molecule has 0 saturated carbocycles. The van der Waals surface area contributed by atoms with Gasteiger partial charge in [0, 0.05) is 24.5 Å². The molecule has 0 fully saturated rings. The molecule has 0 aliphatic rings. The van der Waals surface area contributed by atoms with Crippen molar-refractivity contribution in [2.75, 3.05) is 24.2 Å². The highest BCUT2D eigenvalue weighted by Gasteiger charge is 2.33. The average Bonchev–Trinajstić information content (AvgIpc) is 2.85. The Morgan fingerprint density at radius 1 is 0.944 bits per heavy atom. The molecule has 36 heavy (non-hydrogen) atoms. The van der Waals surface area contributed by atoms with Gasteiger partial charge in [-0.05, 0) is 35.4 Å². The normalized spacial score (nSPS) is 12.0. The summed E-state index contributed by atoms with van der Waals surface area (Å²) in [5, 5.41) is 2.61. The van der Waals surface area contributed by atoms with Crippen LogP contribution in [0, 0.1) is 5.82 Å². The Bertz CT molecular complexity index is 1300. The average molecular weight is 576 g/mol. The van der Waals surface area contributed by atoms with Crippen molar-refractivity contribution in [3.63, 3.8) is 0 Å². The molecule has 190 valence electrons. The van der Waals surface area contributed by atoms with Crippen LogP contribution in [0.4, 0.5) is 10.1 Å². The molecule has 0 bridgehead atoms. The summed E-state index contributed by atoms with van der Waals surface area (Å²) < 4.78 is 41.3. The summed E-state index contributed by atoms with van der Waals surface area (Å²) in [5.74, 6) is -1.82. The summed E-state index contributed by atoms with van der Waals surface area (Å²) in [4.78, 5) is 28.1. The van der Waals surface area contributed by atoms with Crippen LogP contribution in [0.2, 0.25) is 0 Å². The number of anilines is 1. The molecule has 0 saturated heterocycles. The van der Waals surface area contributed by atoms with Crippen molar-refractivity contribution in [1.82, 2.24) is 10.2 Å². The van der Waals surface area contributed by atoms with Gasteiger partial charge in [0.25, 0.3) is 0 Å². The first-order chi connectivity index (χ1) is 17.1. The SMILES string of the molecule is CNC(=O)[C@H](Cc1ccccc1)N(Cc1ccc(Br)cc1)C(=O)CN(c1ccccc1F)S(C)(=O)=O. The molecule has 3 aromatic carbocycles. The van der Waals surface area contributed by atoms with Crippen molar-refractivity contribution in [3.8, 4) is 0 Å². The van der Waals surface area contributed by atoms with Crippen molar-refractivity contribution >= 4 is 43.5 Å². The van der Waals surface area contributed by atoms with E-state index >= 15 is 0 Å². The molecule has 10 heteroatoms. The number of hydrogen-bond donors (Lipinski definition) is 1. The number of nitrogens with one attached hydrogen (secondary N) is 1. The second kappa shape index (κ2) is 12.1. The van der Waals surface area contributed by atoms with Crippen LogP contribution < -0.4 is 9.62 Å². The monoisotopic (exact) mass is 575 g/mol. The van der Waals surface area contributed by atoms with Crippen LogP contribution in [0.3, 0.4) is 0 Å². The van der Waals surface area contributed by atoms with Gasteiger partial charge in [0.05, 0.1) is 11.9 Å². The fraction of sp³-hybridized carbons (Fsp3) is 0.231. The molecule has 2 amide bonds.